The zero-order chi connectivity index (χ0) is 20.9. The molecule has 3 rings (SSSR count). The molecule has 150 valence electrons. The van der Waals surface area contributed by atoms with Crippen molar-refractivity contribution < 1.29 is 18.8 Å². The summed E-state index contributed by atoms with van der Waals surface area (Å²) in [4.78, 5) is 10.4. The van der Waals surface area contributed by atoms with E-state index in [0.29, 0.717) is 19.0 Å². The van der Waals surface area contributed by atoms with Gasteiger partial charge >= 0.3 is 0 Å². The molecule has 0 aliphatic heterocycles. The van der Waals surface area contributed by atoms with Gasteiger partial charge in [0.05, 0.1) is 18.1 Å². The van der Waals surface area contributed by atoms with Gasteiger partial charge in [-0.25, -0.2) is 4.39 Å². The molecule has 0 aliphatic carbocycles. The molecule has 0 spiro atoms. The molecule has 3 aromatic rings. The molecule has 0 fully saturated rings. The van der Waals surface area contributed by atoms with Gasteiger partial charge < -0.3 is 9.47 Å². The van der Waals surface area contributed by atoms with Crippen LogP contribution in [-0.2, 0) is 16.8 Å². The van der Waals surface area contributed by atoms with E-state index in [0.717, 1.165) is 11.1 Å². The predicted molar refractivity (Wildman–Crippen MR) is 109 cm³/mol. The van der Waals surface area contributed by atoms with E-state index in [1.165, 1.54) is 18.2 Å². The number of benzene rings is 3. The first-order valence-electron chi connectivity index (χ1n) is 9.19. The zero-order valence-corrected chi connectivity index (χ0v) is 16.3. The van der Waals surface area contributed by atoms with Gasteiger partial charge in [-0.1, -0.05) is 50.2 Å². The standard InChI is InChI=1S/C23H22FNO4/c1-23(2,18-9-11-19(12-10-18)25(26)27)16-28-15-17-8-13-21(24)22(14-17)29-20-6-4-3-5-7-20/h3-14H,15-16H2,1-2H3. The molecule has 0 atom stereocenters. The van der Waals surface area contributed by atoms with E-state index < -0.39 is 10.7 Å². The molecule has 29 heavy (non-hydrogen) atoms. The molecule has 6 heteroatoms. The van der Waals surface area contributed by atoms with Gasteiger partial charge in [0.25, 0.3) is 5.69 Å². The highest BCUT2D eigenvalue weighted by molar-refractivity contribution is 5.36. The lowest BCUT2D eigenvalue weighted by molar-refractivity contribution is -0.384. The number of hydrogen-bond acceptors (Lipinski definition) is 4. The van der Waals surface area contributed by atoms with Gasteiger partial charge in [-0.15, -0.1) is 0 Å². The molecular weight excluding hydrogens is 373 g/mol. The van der Waals surface area contributed by atoms with Crippen LogP contribution in [0.2, 0.25) is 0 Å². The van der Waals surface area contributed by atoms with E-state index in [4.69, 9.17) is 9.47 Å². The van der Waals surface area contributed by atoms with Crippen molar-refractivity contribution in [3.05, 3.63) is 99.9 Å². The summed E-state index contributed by atoms with van der Waals surface area (Å²) in [7, 11) is 0. The minimum Gasteiger partial charge on any atom is -0.454 e. The Morgan fingerprint density at radius 3 is 2.34 bits per heavy atom. The van der Waals surface area contributed by atoms with E-state index in [1.807, 2.05) is 32.0 Å². The largest absolute Gasteiger partial charge is 0.454 e. The number of rotatable bonds is 8. The Bertz CT molecular complexity index is 972. The minimum atomic E-state index is -0.441. The van der Waals surface area contributed by atoms with Crippen LogP contribution >= 0.6 is 0 Å². The second-order valence-electron chi connectivity index (χ2n) is 7.36. The van der Waals surface area contributed by atoms with E-state index >= 15 is 0 Å². The van der Waals surface area contributed by atoms with E-state index in [9.17, 15) is 14.5 Å². The Hall–Kier alpha value is -3.25. The van der Waals surface area contributed by atoms with Crippen LogP contribution in [0.15, 0.2) is 72.8 Å². The summed E-state index contributed by atoms with van der Waals surface area (Å²) in [5, 5.41) is 10.8. The molecule has 0 saturated carbocycles. The lowest BCUT2D eigenvalue weighted by atomic mass is 9.85. The van der Waals surface area contributed by atoms with Crippen LogP contribution in [0.4, 0.5) is 10.1 Å². The van der Waals surface area contributed by atoms with Crippen molar-refractivity contribution in [3.8, 4) is 11.5 Å². The monoisotopic (exact) mass is 395 g/mol. The summed E-state index contributed by atoms with van der Waals surface area (Å²) in [6.07, 6.45) is 0. The van der Waals surface area contributed by atoms with Gasteiger partial charge in [0.2, 0.25) is 0 Å². The van der Waals surface area contributed by atoms with Gasteiger partial charge in [0.15, 0.2) is 11.6 Å². The maximum absolute atomic E-state index is 14.1. The highest BCUT2D eigenvalue weighted by Gasteiger charge is 2.22. The molecular formula is C23H22FNO4. The molecule has 0 saturated heterocycles. The first kappa shape index (κ1) is 20.5. The second kappa shape index (κ2) is 8.84. The average Bonchev–Trinajstić information content (AvgIpc) is 2.71. The molecule has 3 aromatic carbocycles. The predicted octanol–water partition coefficient (Wildman–Crippen LogP) is 6.02. The Morgan fingerprint density at radius 2 is 1.69 bits per heavy atom. The summed E-state index contributed by atoms with van der Waals surface area (Å²) in [5.74, 6) is 0.263. The van der Waals surface area contributed by atoms with Crippen LogP contribution in [0.3, 0.4) is 0 Å². The quantitative estimate of drug-likeness (QED) is 0.346. The highest BCUT2D eigenvalue weighted by atomic mass is 19.1. The summed E-state index contributed by atoms with van der Waals surface area (Å²) in [6.45, 7) is 4.70. The summed E-state index contributed by atoms with van der Waals surface area (Å²) < 4.78 is 25.5. The topological polar surface area (TPSA) is 61.6 Å². The van der Waals surface area contributed by atoms with Crippen molar-refractivity contribution in [1.82, 2.24) is 0 Å². The number of nitro groups is 1. The van der Waals surface area contributed by atoms with Crippen molar-refractivity contribution in [3.63, 3.8) is 0 Å². The van der Waals surface area contributed by atoms with Crippen LogP contribution in [0.25, 0.3) is 0 Å². The number of nitrogens with zero attached hydrogens (tertiary/aromatic N) is 1. The highest BCUT2D eigenvalue weighted by Crippen LogP contribution is 2.28. The first-order valence-corrected chi connectivity index (χ1v) is 9.19. The molecule has 0 aliphatic rings. The van der Waals surface area contributed by atoms with Gasteiger partial charge in [0, 0.05) is 17.5 Å². The first-order chi connectivity index (χ1) is 13.8. The fourth-order valence-electron chi connectivity index (χ4n) is 2.87. The third-order valence-corrected chi connectivity index (χ3v) is 4.56. The van der Waals surface area contributed by atoms with Crippen LogP contribution < -0.4 is 4.74 Å². The zero-order valence-electron chi connectivity index (χ0n) is 16.3. The van der Waals surface area contributed by atoms with Crippen molar-refractivity contribution in [2.75, 3.05) is 6.61 Å². The SMILES string of the molecule is CC(C)(COCc1ccc(F)c(Oc2ccccc2)c1)c1ccc([N+](=O)[O-])cc1. The normalized spacial score (nSPS) is 11.3. The molecule has 0 unspecified atom stereocenters. The van der Waals surface area contributed by atoms with Gasteiger partial charge in [-0.2, -0.15) is 0 Å². The minimum absolute atomic E-state index is 0.0581. The van der Waals surface area contributed by atoms with E-state index in [1.54, 1.807) is 36.4 Å². The number of hydrogen-bond donors (Lipinski definition) is 0. The molecule has 0 aromatic heterocycles. The summed E-state index contributed by atoms with van der Waals surface area (Å²) in [5.41, 5.74) is 1.45. The Labute approximate surface area is 168 Å². The molecule has 0 amide bonds. The number of halogens is 1. The second-order valence-corrected chi connectivity index (χ2v) is 7.36. The van der Waals surface area contributed by atoms with Crippen LogP contribution in [0.1, 0.15) is 25.0 Å². The molecule has 0 heterocycles. The van der Waals surface area contributed by atoms with E-state index in [-0.39, 0.29) is 16.9 Å². The van der Waals surface area contributed by atoms with Gasteiger partial charge in [-0.3, -0.25) is 10.1 Å². The Balaban J connectivity index is 1.62. The summed E-state index contributed by atoms with van der Waals surface area (Å²) in [6, 6.07) is 20.1. The van der Waals surface area contributed by atoms with E-state index in [2.05, 4.69) is 0 Å². The number of para-hydroxylation sites is 1. The van der Waals surface area contributed by atoms with Crippen LogP contribution in [0.5, 0.6) is 11.5 Å². The summed E-state index contributed by atoms with van der Waals surface area (Å²) >= 11 is 0. The molecule has 0 bridgehead atoms. The van der Waals surface area contributed by atoms with Crippen LogP contribution in [0, 0.1) is 15.9 Å². The number of ether oxygens (including phenoxy) is 2. The van der Waals surface area contributed by atoms with Crippen molar-refractivity contribution in [1.29, 1.82) is 0 Å². The number of nitro benzene ring substituents is 1. The van der Waals surface area contributed by atoms with Crippen molar-refractivity contribution >= 4 is 5.69 Å². The Kier molecular flexibility index (Phi) is 6.24. The lowest BCUT2D eigenvalue weighted by Crippen LogP contribution is -2.24. The molecule has 5 nitrogen and oxygen atoms in total. The maximum Gasteiger partial charge on any atom is 0.269 e. The number of non-ortho nitro benzene ring substituents is 1. The average molecular weight is 395 g/mol. The fraction of sp³-hybridized carbons (Fsp3) is 0.217. The van der Waals surface area contributed by atoms with Crippen LogP contribution in [-0.4, -0.2) is 11.5 Å². The molecule has 0 radical (unpaired) electrons. The Morgan fingerprint density at radius 1 is 1.00 bits per heavy atom. The third-order valence-electron chi connectivity index (χ3n) is 4.56. The lowest BCUT2D eigenvalue weighted by Gasteiger charge is -2.25. The van der Waals surface area contributed by atoms with Gasteiger partial charge in [-0.05, 0) is 35.4 Å². The molecule has 0 N–H and O–H groups in total. The van der Waals surface area contributed by atoms with Crippen molar-refractivity contribution in [2.45, 2.75) is 25.9 Å². The van der Waals surface area contributed by atoms with Crippen molar-refractivity contribution in [2.24, 2.45) is 0 Å². The smallest absolute Gasteiger partial charge is 0.269 e. The fourth-order valence-corrected chi connectivity index (χ4v) is 2.87. The third kappa shape index (κ3) is 5.39. The van der Waals surface area contributed by atoms with Gasteiger partial charge in [0.1, 0.15) is 5.75 Å². The maximum atomic E-state index is 14.1.